The van der Waals surface area contributed by atoms with Gasteiger partial charge in [0, 0.05) is 18.5 Å². The van der Waals surface area contributed by atoms with Crippen molar-refractivity contribution in [2.24, 2.45) is 5.16 Å². The molecule has 1 aliphatic rings. The van der Waals surface area contributed by atoms with Gasteiger partial charge in [-0.1, -0.05) is 18.0 Å². The smallest absolute Gasteiger partial charge is 0.323 e. The minimum Gasteiger partial charge on any atom is -0.411 e. The van der Waals surface area contributed by atoms with Crippen molar-refractivity contribution < 1.29 is 10.0 Å². The average molecular weight is 282 g/mol. The molecule has 2 rings (SSSR count). The number of hydrogen-bond acceptors (Lipinski definition) is 5. The first-order chi connectivity index (χ1) is 9.20. The van der Waals surface area contributed by atoms with E-state index in [1.807, 2.05) is 4.90 Å². The van der Waals surface area contributed by atoms with E-state index in [1.165, 1.54) is 24.2 Å². The van der Waals surface area contributed by atoms with Crippen LogP contribution in [0, 0.1) is 0 Å². The van der Waals surface area contributed by atoms with Crippen LogP contribution in [-0.2, 0) is 0 Å². The van der Waals surface area contributed by atoms with Gasteiger partial charge in [0.15, 0.2) is 5.13 Å². The molecule has 0 aromatic carbocycles. The van der Waals surface area contributed by atoms with Gasteiger partial charge in [0.1, 0.15) is 11.4 Å². The summed E-state index contributed by atoms with van der Waals surface area (Å²) in [7, 11) is 0. The zero-order valence-corrected chi connectivity index (χ0v) is 11.7. The molecule has 6 nitrogen and oxygen atoms in total. The molecule has 1 aromatic rings. The van der Waals surface area contributed by atoms with E-state index in [4.69, 9.17) is 5.21 Å². The number of hydrogen-bond donors (Lipinski definition) is 2. The Labute approximate surface area is 116 Å². The van der Waals surface area contributed by atoms with Crippen LogP contribution in [0.1, 0.15) is 38.3 Å². The molecule has 0 unspecified atom stereocenters. The van der Waals surface area contributed by atoms with E-state index >= 15 is 0 Å². The maximum Gasteiger partial charge on any atom is 0.323 e. The summed E-state index contributed by atoms with van der Waals surface area (Å²) < 4.78 is 0. The summed E-state index contributed by atoms with van der Waals surface area (Å²) in [4.78, 5) is 18.1. The number of anilines is 1. The topological polar surface area (TPSA) is 77.8 Å². The molecule has 0 bridgehead atoms. The predicted octanol–water partition coefficient (Wildman–Crippen LogP) is 2.75. The van der Waals surface area contributed by atoms with Crippen LogP contribution < -0.4 is 5.32 Å². The zero-order valence-electron chi connectivity index (χ0n) is 10.9. The summed E-state index contributed by atoms with van der Waals surface area (Å²) in [6, 6.07) is -0.0959. The normalized spacial score (nSPS) is 17.1. The molecule has 0 radical (unpaired) electrons. The Balaban J connectivity index is 1.96. The molecule has 1 aromatic heterocycles. The second-order valence-corrected chi connectivity index (χ2v) is 5.41. The fourth-order valence-corrected chi connectivity index (χ4v) is 2.74. The number of carbonyl (C=O) groups is 1. The number of nitrogens with one attached hydrogen (secondary N) is 1. The molecule has 0 atom stereocenters. The van der Waals surface area contributed by atoms with Crippen molar-refractivity contribution >= 4 is 28.2 Å². The quantitative estimate of drug-likeness (QED) is 0.497. The number of thiazole rings is 1. The summed E-state index contributed by atoms with van der Waals surface area (Å²) >= 11 is 1.33. The van der Waals surface area contributed by atoms with Gasteiger partial charge in [-0.15, -0.1) is 11.3 Å². The van der Waals surface area contributed by atoms with Crippen molar-refractivity contribution in [3.05, 3.63) is 11.1 Å². The fraction of sp³-hybridized carbons (Fsp3) is 0.583. The third-order valence-electron chi connectivity index (χ3n) is 3.13. The molecular formula is C12H18N4O2S. The molecule has 0 saturated carbocycles. The van der Waals surface area contributed by atoms with Crippen LogP contribution in [0.4, 0.5) is 9.93 Å². The van der Waals surface area contributed by atoms with Gasteiger partial charge >= 0.3 is 6.03 Å². The van der Waals surface area contributed by atoms with Gasteiger partial charge in [0.25, 0.3) is 0 Å². The standard InChI is InChI=1S/C12H18N4O2S/c1-9(15-18)10-8-19-11(13-10)14-12(17)16-6-4-2-3-5-7-16/h8,18H,2-7H2,1H3,(H,13,14,17). The first-order valence-electron chi connectivity index (χ1n) is 6.41. The zero-order chi connectivity index (χ0) is 13.7. The number of likely N-dealkylation sites (tertiary alicyclic amines) is 1. The highest BCUT2D eigenvalue weighted by Crippen LogP contribution is 2.17. The van der Waals surface area contributed by atoms with Gasteiger partial charge in [-0.2, -0.15) is 0 Å². The lowest BCUT2D eigenvalue weighted by molar-refractivity contribution is 0.214. The van der Waals surface area contributed by atoms with Crippen molar-refractivity contribution in [3.63, 3.8) is 0 Å². The lowest BCUT2D eigenvalue weighted by Crippen LogP contribution is -2.35. The van der Waals surface area contributed by atoms with Crippen molar-refractivity contribution in [2.75, 3.05) is 18.4 Å². The van der Waals surface area contributed by atoms with Crippen LogP contribution in [0.25, 0.3) is 0 Å². The third kappa shape index (κ3) is 3.66. The molecule has 0 spiro atoms. The van der Waals surface area contributed by atoms with Crippen LogP contribution >= 0.6 is 11.3 Å². The van der Waals surface area contributed by atoms with Gasteiger partial charge in [-0.3, -0.25) is 5.32 Å². The highest BCUT2D eigenvalue weighted by Gasteiger charge is 2.16. The van der Waals surface area contributed by atoms with Gasteiger partial charge in [-0.05, 0) is 19.8 Å². The molecule has 104 valence electrons. The van der Waals surface area contributed by atoms with Crippen molar-refractivity contribution in [1.29, 1.82) is 0 Å². The Morgan fingerprint density at radius 3 is 2.74 bits per heavy atom. The number of urea groups is 1. The van der Waals surface area contributed by atoms with E-state index in [9.17, 15) is 4.79 Å². The summed E-state index contributed by atoms with van der Waals surface area (Å²) in [5.74, 6) is 0. The van der Waals surface area contributed by atoms with Crippen LogP contribution in [0.2, 0.25) is 0 Å². The summed E-state index contributed by atoms with van der Waals surface area (Å²) in [6.07, 6.45) is 4.51. The Kier molecular flexibility index (Phi) is 4.73. The van der Waals surface area contributed by atoms with Crippen molar-refractivity contribution in [2.45, 2.75) is 32.6 Å². The molecule has 2 heterocycles. The third-order valence-corrected chi connectivity index (χ3v) is 3.89. The highest BCUT2D eigenvalue weighted by molar-refractivity contribution is 7.14. The van der Waals surface area contributed by atoms with E-state index in [1.54, 1.807) is 12.3 Å². The van der Waals surface area contributed by atoms with Crippen LogP contribution in [0.5, 0.6) is 0 Å². The van der Waals surface area contributed by atoms with Crippen LogP contribution in [0.3, 0.4) is 0 Å². The lowest BCUT2D eigenvalue weighted by Gasteiger charge is -2.19. The molecule has 2 N–H and O–H groups in total. The van der Waals surface area contributed by atoms with E-state index in [0.717, 1.165) is 25.9 Å². The Morgan fingerprint density at radius 1 is 1.42 bits per heavy atom. The van der Waals surface area contributed by atoms with Gasteiger partial charge in [0.2, 0.25) is 0 Å². The largest absolute Gasteiger partial charge is 0.411 e. The van der Waals surface area contributed by atoms with Gasteiger partial charge in [-0.25, -0.2) is 9.78 Å². The van der Waals surface area contributed by atoms with E-state index in [0.29, 0.717) is 16.5 Å². The molecular weight excluding hydrogens is 264 g/mol. The predicted molar refractivity (Wildman–Crippen MR) is 75.2 cm³/mol. The fourth-order valence-electron chi connectivity index (χ4n) is 1.99. The van der Waals surface area contributed by atoms with Gasteiger partial charge < -0.3 is 10.1 Å². The summed E-state index contributed by atoms with van der Waals surface area (Å²) in [6.45, 7) is 3.28. The number of nitrogens with zero attached hydrogens (tertiary/aromatic N) is 3. The monoisotopic (exact) mass is 282 g/mol. The second kappa shape index (κ2) is 6.51. The molecule has 0 aliphatic carbocycles. The lowest BCUT2D eigenvalue weighted by atomic mass is 10.2. The van der Waals surface area contributed by atoms with E-state index < -0.39 is 0 Å². The van der Waals surface area contributed by atoms with Gasteiger partial charge in [0.05, 0.1) is 0 Å². The van der Waals surface area contributed by atoms with Crippen molar-refractivity contribution in [3.8, 4) is 0 Å². The average Bonchev–Trinajstić information content (AvgIpc) is 2.71. The Hall–Kier alpha value is -1.63. The number of oxime groups is 1. The molecule has 2 amide bonds. The van der Waals surface area contributed by atoms with E-state index in [-0.39, 0.29) is 6.03 Å². The molecule has 1 fully saturated rings. The minimum absolute atomic E-state index is 0.0959. The molecule has 7 heteroatoms. The molecule has 1 aliphatic heterocycles. The highest BCUT2D eigenvalue weighted by atomic mass is 32.1. The number of carbonyl (C=O) groups excluding carboxylic acids is 1. The van der Waals surface area contributed by atoms with E-state index in [2.05, 4.69) is 15.5 Å². The summed E-state index contributed by atoms with van der Waals surface area (Å²) in [5, 5.41) is 16.9. The van der Waals surface area contributed by atoms with Crippen LogP contribution in [0.15, 0.2) is 10.5 Å². The van der Waals surface area contributed by atoms with Crippen molar-refractivity contribution in [1.82, 2.24) is 9.88 Å². The molecule has 19 heavy (non-hydrogen) atoms. The summed E-state index contributed by atoms with van der Waals surface area (Å²) in [5.41, 5.74) is 1.02. The number of amides is 2. The SMILES string of the molecule is CC(=NO)c1csc(NC(=O)N2CCCCCC2)n1. The number of rotatable bonds is 2. The Morgan fingerprint density at radius 2 is 2.11 bits per heavy atom. The first kappa shape index (κ1) is 13.8. The first-order valence-corrected chi connectivity index (χ1v) is 7.29. The Bertz CT molecular complexity index is 464. The number of aromatic nitrogens is 1. The maximum absolute atomic E-state index is 12.1. The molecule has 1 saturated heterocycles. The van der Waals surface area contributed by atoms with Crippen LogP contribution in [-0.4, -0.2) is 39.9 Å². The minimum atomic E-state index is -0.0959. The second-order valence-electron chi connectivity index (χ2n) is 4.55. The maximum atomic E-state index is 12.1.